The Kier molecular flexibility index (Phi) is 5.99. The van der Waals surface area contributed by atoms with Crippen molar-refractivity contribution in [3.8, 4) is 0 Å². The lowest BCUT2D eigenvalue weighted by atomic mass is 9.90. The van der Waals surface area contributed by atoms with Crippen molar-refractivity contribution in [2.24, 2.45) is 0 Å². The third kappa shape index (κ3) is 3.77. The second-order valence-corrected chi connectivity index (χ2v) is 9.08. The molecule has 1 saturated carbocycles. The van der Waals surface area contributed by atoms with Gasteiger partial charge in [-0.15, -0.1) is 0 Å². The number of hydrogen-bond acceptors (Lipinski definition) is 5. The molecular weight excluding hydrogens is 432 g/mol. The van der Waals surface area contributed by atoms with Crippen LogP contribution in [0.4, 0.5) is 5.69 Å². The quantitative estimate of drug-likeness (QED) is 0.708. The normalized spacial score (nSPS) is 21.2. The van der Waals surface area contributed by atoms with Crippen molar-refractivity contribution < 1.29 is 19.1 Å². The second-order valence-electron chi connectivity index (χ2n) is 8.67. The number of ether oxygens (including phenoxy) is 1. The summed E-state index contributed by atoms with van der Waals surface area (Å²) in [6.07, 6.45) is 5.16. The highest BCUT2D eigenvalue weighted by Crippen LogP contribution is 2.37. The van der Waals surface area contributed by atoms with Gasteiger partial charge >= 0.3 is 5.97 Å². The van der Waals surface area contributed by atoms with Crippen LogP contribution < -0.4 is 10.2 Å². The molecule has 2 aliphatic rings. The molecule has 1 aromatic carbocycles. The Hall–Kier alpha value is -2.87. The van der Waals surface area contributed by atoms with E-state index in [4.69, 9.17) is 16.3 Å². The Labute approximate surface area is 191 Å². The maximum absolute atomic E-state index is 13.7. The summed E-state index contributed by atoms with van der Waals surface area (Å²) >= 11 is 6.36. The lowest BCUT2D eigenvalue weighted by Crippen LogP contribution is -2.65. The van der Waals surface area contributed by atoms with Crippen LogP contribution in [0.1, 0.15) is 65.6 Å². The summed E-state index contributed by atoms with van der Waals surface area (Å²) < 4.78 is 6.18. The van der Waals surface area contributed by atoms with Gasteiger partial charge in [-0.2, -0.15) is 5.10 Å². The van der Waals surface area contributed by atoms with Crippen LogP contribution in [-0.4, -0.2) is 46.3 Å². The molecule has 4 rings (SSSR count). The fourth-order valence-electron chi connectivity index (χ4n) is 4.59. The number of rotatable bonds is 4. The summed E-state index contributed by atoms with van der Waals surface area (Å²) in [6, 6.07) is 6.75. The number of methoxy groups -OCH3 is 1. The first-order valence-electron chi connectivity index (χ1n) is 10.8. The van der Waals surface area contributed by atoms with Crippen LogP contribution in [0, 0.1) is 6.92 Å². The number of carbonyl (C=O) groups excluding carboxylic acids is 3. The summed E-state index contributed by atoms with van der Waals surface area (Å²) in [6.45, 7) is 3.64. The molecular formula is C23H27ClN4O4. The molecule has 0 saturated heterocycles. The van der Waals surface area contributed by atoms with E-state index in [0.29, 0.717) is 16.3 Å². The average Bonchev–Trinajstić information content (AvgIpc) is 3.20. The molecule has 1 atom stereocenters. The molecule has 1 aliphatic heterocycles. The highest BCUT2D eigenvalue weighted by Gasteiger charge is 2.50. The number of halogens is 1. The minimum Gasteiger partial charge on any atom is -0.464 e. The fraction of sp³-hybridized carbons (Fsp3) is 0.478. The van der Waals surface area contributed by atoms with E-state index >= 15 is 0 Å². The first-order valence-corrected chi connectivity index (χ1v) is 11.2. The monoisotopic (exact) mass is 458 g/mol. The highest BCUT2D eigenvalue weighted by molar-refractivity contribution is 6.32. The van der Waals surface area contributed by atoms with Gasteiger partial charge in [0.05, 0.1) is 13.7 Å². The van der Waals surface area contributed by atoms with E-state index in [-0.39, 0.29) is 29.9 Å². The van der Waals surface area contributed by atoms with Crippen molar-refractivity contribution in [2.75, 3.05) is 12.0 Å². The summed E-state index contributed by atoms with van der Waals surface area (Å²) in [4.78, 5) is 40.9. The molecule has 0 unspecified atom stereocenters. The molecule has 9 heteroatoms. The Morgan fingerprint density at radius 2 is 1.97 bits per heavy atom. The molecule has 2 amide bonds. The first kappa shape index (κ1) is 22.3. The van der Waals surface area contributed by atoms with Crippen LogP contribution in [0.3, 0.4) is 0 Å². The van der Waals surface area contributed by atoms with Crippen LogP contribution in [0.5, 0.6) is 0 Å². The van der Waals surface area contributed by atoms with Gasteiger partial charge in [0.2, 0.25) is 5.91 Å². The lowest BCUT2D eigenvalue weighted by Gasteiger charge is -2.44. The summed E-state index contributed by atoms with van der Waals surface area (Å²) in [5, 5.41) is 7.91. The van der Waals surface area contributed by atoms with Gasteiger partial charge in [-0.3, -0.25) is 19.2 Å². The molecule has 8 nitrogen and oxygen atoms in total. The molecule has 1 aromatic heterocycles. The Balaban J connectivity index is 1.80. The average molecular weight is 459 g/mol. The van der Waals surface area contributed by atoms with Gasteiger partial charge in [-0.25, -0.2) is 4.79 Å². The second kappa shape index (κ2) is 8.58. The minimum absolute atomic E-state index is 0.0237. The zero-order valence-corrected chi connectivity index (χ0v) is 19.2. The molecule has 2 aromatic rings. The van der Waals surface area contributed by atoms with E-state index in [2.05, 4.69) is 10.4 Å². The zero-order valence-electron chi connectivity index (χ0n) is 18.5. The number of hydrogen-bond donors (Lipinski definition) is 1. The van der Waals surface area contributed by atoms with Crippen LogP contribution in [0.2, 0.25) is 5.02 Å². The molecule has 0 radical (unpaired) electrons. The van der Waals surface area contributed by atoms with Crippen LogP contribution in [0.15, 0.2) is 24.3 Å². The van der Waals surface area contributed by atoms with Crippen molar-refractivity contribution in [3.05, 3.63) is 46.2 Å². The minimum atomic E-state index is -1.27. The topological polar surface area (TPSA) is 93.5 Å². The smallest absolute Gasteiger partial charge is 0.358 e. The standard InChI is InChI=1S/C23H27ClN4O4/c1-14-16(24)10-7-11-18(14)28-20(29)19-12-17(21(30)32-3)26-27(19)13-23(28,2)22(31)25-15-8-5-4-6-9-15/h7,10-12,15H,4-6,8-9,13H2,1-3H3,(H,25,31)/t23-/m1/s1. The van der Waals surface area contributed by atoms with E-state index < -0.39 is 17.4 Å². The molecule has 0 bridgehead atoms. The number of anilines is 1. The maximum atomic E-state index is 13.7. The fourth-order valence-corrected chi connectivity index (χ4v) is 4.76. The number of nitrogens with zero attached hydrogens (tertiary/aromatic N) is 3. The number of carbonyl (C=O) groups is 3. The van der Waals surface area contributed by atoms with Gasteiger partial charge in [0.25, 0.3) is 5.91 Å². The third-order valence-electron chi connectivity index (χ3n) is 6.46. The van der Waals surface area contributed by atoms with Gasteiger partial charge in [-0.1, -0.05) is 36.9 Å². The zero-order chi connectivity index (χ0) is 23.0. The molecule has 32 heavy (non-hydrogen) atoms. The van der Waals surface area contributed by atoms with E-state index in [1.165, 1.54) is 29.2 Å². The number of amides is 2. The number of aromatic nitrogens is 2. The van der Waals surface area contributed by atoms with Crippen molar-refractivity contribution in [3.63, 3.8) is 0 Å². The van der Waals surface area contributed by atoms with Crippen molar-refractivity contribution in [1.29, 1.82) is 0 Å². The van der Waals surface area contributed by atoms with Crippen molar-refractivity contribution in [2.45, 2.75) is 64.1 Å². The van der Waals surface area contributed by atoms with Crippen LogP contribution in [-0.2, 0) is 16.1 Å². The van der Waals surface area contributed by atoms with Crippen LogP contribution >= 0.6 is 11.6 Å². The molecule has 1 fully saturated rings. The molecule has 0 spiro atoms. The SMILES string of the molecule is COC(=O)c1cc2n(n1)C[C@](C)(C(=O)NC1CCCCC1)N(c1cccc(Cl)c1C)C2=O. The van der Waals surface area contributed by atoms with Crippen LogP contribution in [0.25, 0.3) is 0 Å². The Bertz CT molecular complexity index is 1080. The van der Waals surface area contributed by atoms with Gasteiger partial charge in [0.1, 0.15) is 11.2 Å². The van der Waals surface area contributed by atoms with Gasteiger partial charge in [0.15, 0.2) is 5.69 Å². The van der Waals surface area contributed by atoms with Crippen molar-refractivity contribution >= 4 is 35.1 Å². The van der Waals surface area contributed by atoms with E-state index in [0.717, 1.165) is 25.7 Å². The lowest BCUT2D eigenvalue weighted by molar-refractivity contribution is -0.127. The van der Waals surface area contributed by atoms with Gasteiger partial charge in [0, 0.05) is 22.8 Å². The van der Waals surface area contributed by atoms with Crippen molar-refractivity contribution in [1.82, 2.24) is 15.1 Å². The molecule has 2 heterocycles. The van der Waals surface area contributed by atoms with Gasteiger partial charge in [-0.05, 0) is 44.4 Å². The predicted molar refractivity (Wildman–Crippen MR) is 120 cm³/mol. The first-order chi connectivity index (χ1) is 15.3. The number of fused-ring (bicyclic) bond motifs is 1. The molecule has 1 aliphatic carbocycles. The summed E-state index contributed by atoms with van der Waals surface area (Å²) in [7, 11) is 1.26. The molecule has 170 valence electrons. The Morgan fingerprint density at radius 3 is 2.66 bits per heavy atom. The number of nitrogens with one attached hydrogen (secondary N) is 1. The number of esters is 1. The van der Waals surface area contributed by atoms with Gasteiger partial charge < -0.3 is 10.1 Å². The predicted octanol–water partition coefficient (Wildman–Crippen LogP) is 3.50. The maximum Gasteiger partial charge on any atom is 0.358 e. The summed E-state index contributed by atoms with van der Waals surface area (Å²) in [5.41, 5.74) is 0.218. The van der Waals surface area contributed by atoms with E-state index in [1.807, 2.05) is 6.92 Å². The highest BCUT2D eigenvalue weighted by atomic mass is 35.5. The molecule has 1 N–H and O–H groups in total. The Morgan fingerprint density at radius 1 is 1.25 bits per heavy atom. The largest absolute Gasteiger partial charge is 0.464 e. The van der Waals surface area contributed by atoms with E-state index in [9.17, 15) is 14.4 Å². The summed E-state index contributed by atoms with van der Waals surface area (Å²) in [5.74, 6) is -1.32. The number of benzene rings is 1. The third-order valence-corrected chi connectivity index (χ3v) is 6.87. The van der Waals surface area contributed by atoms with E-state index in [1.54, 1.807) is 25.1 Å².